The number of carbonyl (C=O) groups is 2. The first-order valence-corrected chi connectivity index (χ1v) is 8.55. The van der Waals surface area contributed by atoms with E-state index < -0.39 is 0 Å². The smallest absolute Gasteiger partial charge is 0.279 e. The van der Waals surface area contributed by atoms with Crippen molar-refractivity contribution in [1.29, 1.82) is 0 Å². The molecule has 1 aromatic rings. The molecule has 1 unspecified atom stereocenters. The van der Waals surface area contributed by atoms with Gasteiger partial charge in [0.15, 0.2) is 13.1 Å². The van der Waals surface area contributed by atoms with Gasteiger partial charge >= 0.3 is 0 Å². The Bertz CT molecular complexity index is 534. The third kappa shape index (κ3) is 7.00. The fourth-order valence-corrected chi connectivity index (χ4v) is 2.54. The summed E-state index contributed by atoms with van der Waals surface area (Å²) >= 11 is 0. The second-order valence-electron chi connectivity index (χ2n) is 5.96. The van der Waals surface area contributed by atoms with Crippen LogP contribution in [0.25, 0.3) is 0 Å². The Hall–Kier alpha value is -2.08. The second kappa shape index (κ2) is 10.6. The summed E-state index contributed by atoms with van der Waals surface area (Å²) in [5.74, 6) is 0.471. The molecule has 0 heterocycles. The van der Waals surface area contributed by atoms with Crippen LogP contribution in [0.3, 0.4) is 0 Å². The maximum Gasteiger partial charge on any atom is 0.279 e. The summed E-state index contributed by atoms with van der Waals surface area (Å²) in [5, 5.41) is 5.82. The molecule has 2 amide bonds. The van der Waals surface area contributed by atoms with Crippen molar-refractivity contribution in [2.45, 2.75) is 39.7 Å². The molecule has 0 saturated carbocycles. The van der Waals surface area contributed by atoms with E-state index in [1.807, 2.05) is 26.0 Å². The van der Waals surface area contributed by atoms with Gasteiger partial charge in [0.25, 0.3) is 11.8 Å². The van der Waals surface area contributed by atoms with Crippen LogP contribution in [0.2, 0.25) is 0 Å². The number of likely N-dealkylation sites (N-methyl/N-ethyl adjacent to an activating group) is 1. The summed E-state index contributed by atoms with van der Waals surface area (Å²) in [6.45, 7) is 7.30. The van der Waals surface area contributed by atoms with Crippen molar-refractivity contribution in [3.63, 3.8) is 0 Å². The van der Waals surface area contributed by atoms with Crippen LogP contribution in [0.4, 0.5) is 5.69 Å². The van der Waals surface area contributed by atoms with Gasteiger partial charge in [-0.05, 0) is 32.4 Å². The minimum Gasteiger partial charge on any atom is -0.495 e. The van der Waals surface area contributed by atoms with E-state index in [4.69, 9.17) is 4.74 Å². The van der Waals surface area contributed by atoms with Crippen molar-refractivity contribution in [3.8, 4) is 5.75 Å². The molecule has 134 valence electrons. The largest absolute Gasteiger partial charge is 0.495 e. The lowest BCUT2D eigenvalue weighted by molar-refractivity contribution is -0.881. The predicted molar refractivity (Wildman–Crippen MR) is 95.4 cm³/mol. The molecule has 6 heteroatoms. The third-order valence-corrected chi connectivity index (χ3v) is 3.83. The molecule has 0 spiro atoms. The van der Waals surface area contributed by atoms with E-state index in [-0.39, 0.29) is 24.4 Å². The molecule has 0 aliphatic rings. The lowest BCUT2D eigenvalue weighted by atomic mass is 10.2. The van der Waals surface area contributed by atoms with Crippen molar-refractivity contribution in [2.75, 3.05) is 32.1 Å². The molecule has 2 atom stereocenters. The molecule has 0 fully saturated rings. The van der Waals surface area contributed by atoms with Crippen LogP contribution in [0.1, 0.15) is 33.6 Å². The van der Waals surface area contributed by atoms with E-state index in [0.717, 1.165) is 17.7 Å². The number of hydrogen-bond acceptors (Lipinski definition) is 3. The minimum atomic E-state index is -0.134. The lowest BCUT2D eigenvalue weighted by Crippen LogP contribution is -3.14. The van der Waals surface area contributed by atoms with Crippen molar-refractivity contribution >= 4 is 17.5 Å². The summed E-state index contributed by atoms with van der Waals surface area (Å²) in [5.41, 5.74) is 0.640. The number of quaternary nitrogens is 1. The Labute approximate surface area is 144 Å². The first-order valence-electron chi connectivity index (χ1n) is 8.55. The summed E-state index contributed by atoms with van der Waals surface area (Å²) in [4.78, 5) is 25.2. The van der Waals surface area contributed by atoms with Crippen molar-refractivity contribution in [2.24, 2.45) is 0 Å². The first kappa shape index (κ1) is 20.0. The zero-order chi connectivity index (χ0) is 17.9. The number of rotatable bonds is 10. The molecule has 0 aliphatic heterocycles. The summed E-state index contributed by atoms with van der Waals surface area (Å²) in [7, 11) is 1.57. The van der Waals surface area contributed by atoms with Gasteiger partial charge in [-0.25, -0.2) is 0 Å². The molecule has 0 aliphatic carbocycles. The molecule has 6 nitrogen and oxygen atoms in total. The third-order valence-electron chi connectivity index (χ3n) is 3.83. The first-order chi connectivity index (χ1) is 11.5. The fraction of sp³-hybridized carbons (Fsp3) is 0.556. The number of ether oxygens (including phenoxy) is 1. The van der Waals surface area contributed by atoms with Crippen LogP contribution in [-0.2, 0) is 9.59 Å². The average molecular weight is 336 g/mol. The van der Waals surface area contributed by atoms with E-state index in [1.165, 1.54) is 0 Å². The molecule has 1 rings (SSSR count). The van der Waals surface area contributed by atoms with E-state index in [9.17, 15) is 9.59 Å². The molecular weight excluding hydrogens is 306 g/mol. The fourth-order valence-electron chi connectivity index (χ4n) is 2.54. The van der Waals surface area contributed by atoms with Crippen LogP contribution < -0.4 is 20.3 Å². The molecule has 0 radical (unpaired) electrons. The van der Waals surface area contributed by atoms with Crippen LogP contribution >= 0.6 is 0 Å². The van der Waals surface area contributed by atoms with Gasteiger partial charge < -0.3 is 20.3 Å². The van der Waals surface area contributed by atoms with Gasteiger partial charge in [-0.1, -0.05) is 25.5 Å². The predicted octanol–water partition coefficient (Wildman–Crippen LogP) is 0.843. The number of carbonyl (C=O) groups excluding carboxylic acids is 2. The van der Waals surface area contributed by atoms with E-state index >= 15 is 0 Å². The van der Waals surface area contributed by atoms with Crippen molar-refractivity contribution in [3.05, 3.63) is 24.3 Å². The van der Waals surface area contributed by atoms with Gasteiger partial charge in [0.05, 0.1) is 19.3 Å². The lowest BCUT2D eigenvalue weighted by Gasteiger charge is -2.19. The highest BCUT2D eigenvalue weighted by molar-refractivity contribution is 5.93. The number of amides is 2. The van der Waals surface area contributed by atoms with Crippen LogP contribution in [-0.4, -0.2) is 44.6 Å². The topological polar surface area (TPSA) is 71.9 Å². The Morgan fingerprint density at radius 3 is 2.46 bits per heavy atom. The summed E-state index contributed by atoms with van der Waals surface area (Å²) in [6, 6.07) is 7.44. The van der Waals surface area contributed by atoms with Gasteiger partial charge in [-0.3, -0.25) is 9.59 Å². The Morgan fingerprint density at radius 2 is 1.83 bits per heavy atom. The molecule has 1 aromatic carbocycles. The van der Waals surface area contributed by atoms with E-state index in [1.54, 1.807) is 19.2 Å². The monoisotopic (exact) mass is 336 g/mol. The van der Waals surface area contributed by atoms with Crippen LogP contribution in [0, 0.1) is 0 Å². The van der Waals surface area contributed by atoms with Crippen LogP contribution in [0.15, 0.2) is 24.3 Å². The Kier molecular flexibility index (Phi) is 8.86. The van der Waals surface area contributed by atoms with E-state index in [2.05, 4.69) is 17.6 Å². The Morgan fingerprint density at radius 1 is 1.17 bits per heavy atom. The zero-order valence-corrected chi connectivity index (χ0v) is 15.1. The average Bonchev–Trinajstić information content (AvgIpc) is 2.54. The number of methoxy groups -OCH3 is 1. The van der Waals surface area contributed by atoms with Gasteiger partial charge in [0.2, 0.25) is 0 Å². The van der Waals surface area contributed by atoms with Gasteiger partial charge in [0, 0.05) is 6.04 Å². The maximum atomic E-state index is 12.2. The van der Waals surface area contributed by atoms with Gasteiger partial charge in [0.1, 0.15) is 5.75 Å². The normalized spacial score (nSPS) is 13.0. The quantitative estimate of drug-likeness (QED) is 0.593. The Balaban J connectivity index is 2.52. The number of benzene rings is 1. The molecule has 0 aromatic heterocycles. The number of anilines is 1. The van der Waals surface area contributed by atoms with E-state index in [0.29, 0.717) is 24.5 Å². The highest BCUT2D eigenvalue weighted by Crippen LogP contribution is 2.22. The van der Waals surface area contributed by atoms with Crippen LogP contribution in [0.5, 0.6) is 5.75 Å². The number of para-hydroxylation sites is 2. The van der Waals surface area contributed by atoms with Crippen molar-refractivity contribution in [1.82, 2.24) is 5.32 Å². The van der Waals surface area contributed by atoms with Crippen molar-refractivity contribution < 1.29 is 19.2 Å². The molecule has 0 bridgehead atoms. The molecular formula is C18H30N3O3+. The standard InChI is InChI=1S/C18H29N3O3/c1-5-9-14(3)19-17(22)12-21(6-2)13-18(23)20-15-10-7-8-11-16(15)24-4/h7-8,10-11,14H,5-6,9,12-13H2,1-4H3,(H,19,22)(H,20,23)/p+1/t14-/m0/s1. The molecule has 0 saturated heterocycles. The number of hydrogen-bond donors (Lipinski definition) is 3. The highest BCUT2D eigenvalue weighted by Gasteiger charge is 2.18. The zero-order valence-electron chi connectivity index (χ0n) is 15.1. The van der Waals surface area contributed by atoms with Gasteiger partial charge in [-0.15, -0.1) is 0 Å². The van der Waals surface area contributed by atoms with Gasteiger partial charge in [-0.2, -0.15) is 0 Å². The molecule has 24 heavy (non-hydrogen) atoms. The maximum absolute atomic E-state index is 12.2. The molecule has 3 N–H and O–H groups in total. The number of nitrogens with one attached hydrogen (secondary N) is 3. The summed E-state index contributed by atoms with van der Waals surface area (Å²) in [6.07, 6.45) is 1.99. The minimum absolute atomic E-state index is 0.0158. The SMILES string of the molecule is CCC[C@H](C)NC(=O)C[NH+](CC)CC(=O)Nc1ccccc1OC. The summed E-state index contributed by atoms with van der Waals surface area (Å²) < 4.78 is 5.22. The second-order valence-corrected chi connectivity index (χ2v) is 5.96. The highest BCUT2D eigenvalue weighted by atomic mass is 16.5.